The molecule has 1 rings (SSSR count). The summed E-state index contributed by atoms with van der Waals surface area (Å²) < 4.78 is 161. The molecule has 0 amide bonds. The number of rotatable bonds is 5. The van der Waals surface area contributed by atoms with Gasteiger partial charge in [0.2, 0.25) is 5.82 Å². The Morgan fingerprint density at radius 1 is 0.692 bits per heavy atom. The summed E-state index contributed by atoms with van der Waals surface area (Å²) in [5.41, 5.74) is -5.55. The van der Waals surface area contributed by atoms with Gasteiger partial charge in [-0.1, -0.05) is 0 Å². The number of benzene rings is 1. The first-order valence-corrected chi connectivity index (χ1v) is 6.34. The van der Waals surface area contributed by atoms with Crippen molar-refractivity contribution >= 4 is 0 Å². The van der Waals surface area contributed by atoms with Crippen LogP contribution in [0.4, 0.5) is 52.7 Å². The third kappa shape index (κ3) is 3.32. The fourth-order valence-electron chi connectivity index (χ4n) is 2.07. The first-order valence-electron chi connectivity index (χ1n) is 6.34. The molecule has 1 nitrogen and oxygen atoms in total. The summed E-state index contributed by atoms with van der Waals surface area (Å²) in [6, 6.07) is 0. The van der Waals surface area contributed by atoms with E-state index in [4.69, 9.17) is 0 Å². The maximum absolute atomic E-state index is 13.7. The van der Waals surface area contributed by atoms with E-state index >= 15 is 0 Å². The Morgan fingerprint density at radius 2 is 1.04 bits per heavy atom. The van der Waals surface area contributed by atoms with Crippen LogP contribution in [0.15, 0.2) is 0 Å². The highest BCUT2D eigenvalue weighted by Crippen LogP contribution is 2.52. The third-order valence-corrected chi connectivity index (χ3v) is 3.56. The second kappa shape index (κ2) is 6.50. The zero-order valence-corrected chi connectivity index (χ0v) is 12.7. The molecule has 1 aromatic carbocycles. The van der Waals surface area contributed by atoms with Crippen molar-refractivity contribution in [1.82, 2.24) is 0 Å². The number of hydrogen-bond acceptors (Lipinski definition) is 1. The molecule has 26 heavy (non-hydrogen) atoms. The minimum absolute atomic E-state index is 0.172. The van der Waals surface area contributed by atoms with Crippen LogP contribution in [-0.4, -0.2) is 25.1 Å². The monoisotopic (exact) mass is 408 g/mol. The lowest BCUT2D eigenvalue weighted by Crippen LogP contribution is -2.54. The molecule has 0 aliphatic rings. The van der Waals surface area contributed by atoms with Crippen molar-refractivity contribution in [3.05, 3.63) is 34.6 Å². The van der Waals surface area contributed by atoms with Gasteiger partial charge in [0.25, 0.3) is 0 Å². The van der Waals surface area contributed by atoms with Crippen LogP contribution in [-0.2, 0) is 10.3 Å². The lowest BCUT2D eigenvalue weighted by atomic mass is 9.86. The molecule has 13 heteroatoms. The average Bonchev–Trinajstić information content (AvgIpc) is 2.49. The summed E-state index contributed by atoms with van der Waals surface area (Å²) >= 11 is 0. The summed E-state index contributed by atoms with van der Waals surface area (Å²) in [5, 5.41) is 0. The van der Waals surface area contributed by atoms with Crippen molar-refractivity contribution in [2.45, 2.75) is 37.0 Å². The van der Waals surface area contributed by atoms with E-state index in [0.717, 1.165) is 0 Å². The standard InChI is InChI=1S/C13H8F12O/c1-10(26-2,3-11(19,20)12(21,22)13(23,24)25)4-5(14)7(16)9(18)8(17)6(4)15/h3H2,1-2H3. The van der Waals surface area contributed by atoms with Crippen molar-refractivity contribution in [1.29, 1.82) is 0 Å². The minimum Gasteiger partial charge on any atom is -0.373 e. The number of halogens is 12. The van der Waals surface area contributed by atoms with Crippen LogP contribution in [0.1, 0.15) is 18.9 Å². The van der Waals surface area contributed by atoms with E-state index in [1.165, 1.54) is 0 Å². The van der Waals surface area contributed by atoms with Crippen molar-refractivity contribution in [2.75, 3.05) is 7.11 Å². The lowest BCUT2D eigenvalue weighted by molar-refractivity contribution is -0.362. The summed E-state index contributed by atoms with van der Waals surface area (Å²) in [6.45, 7) is 0.172. The van der Waals surface area contributed by atoms with Gasteiger partial charge in [0, 0.05) is 7.11 Å². The fourth-order valence-corrected chi connectivity index (χ4v) is 2.07. The SMILES string of the molecule is COC(C)(CC(F)(F)C(F)(F)C(F)(F)F)c1c(F)c(F)c(F)c(F)c1F. The van der Waals surface area contributed by atoms with Crippen molar-refractivity contribution in [3.8, 4) is 0 Å². The van der Waals surface area contributed by atoms with Gasteiger partial charge in [0.05, 0.1) is 12.0 Å². The van der Waals surface area contributed by atoms with Gasteiger partial charge in [-0.3, -0.25) is 0 Å². The molecule has 0 heterocycles. The molecule has 0 aromatic heterocycles. The van der Waals surface area contributed by atoms with E-state index in [-0.39, 0.29) is 6.92 Å². The molecule has 0 spiro atoms. The van der Waals surface area contributed by atoms with Crippen LogP contribution < -0.4 is 0 Å². The summed E-state index contributed by atoms with van der Waals surface area (Å²) in [7, 11) is 0.347. The van der Waals surface area contributed by atoms with Gasteiger partial charge in [-0.15, -0.1) is 0 Å². The van der Waals surface area contributed by atoms with Crippen LogP contribution in [0.5, 0.6) is 0 Å². The molecule has 0 saturated carbocycles. The molecule has 0 aliphatic carbocycles. The van der Waals surface area contributed by atoms with Crippen LogP contribution in [0.3, 0.4) is 0 Å². The molecular formula is C13H8F12O. The molecule has 0 radical (unpaired) electrons. The quantitative estimate of drug-likeness (QED) is 0.357. The highest BCUT2D eigenvalue weighted by atomic mass is 19.4. The predicted molar refractivity (Wildman–Crippen MR) is 61.2 cm³/mol. The van der Waals surface area contributed by atoms with Gasteiger partial charge in [0.1, 0.15) is 5.60 Å². The largest absolute Gasteiger partial charge is 0.459 e. The van der Waals surface area contributed by atoms with Gasteiger partial charge in [-0.2, -0.15) is 30.7 Å². The maximum Gasteiger partial charge on any atom is 0.459 e. The topological polar surface area (TPSA) is 9.23 Å². The number of alkyl halides is 7. The van der Waals surface area contributed by atoms with E-state index in [2.05, 4.69) is 4.74 Å². The third-order valence-electron chi connectivity index (χ3n) is 3.56. The predicted octanol–water partition coefficient (Wildman–Crippen LogP) is 5.47. The highest BCUT2D eigenvalue weighted by molar-refractivity contribution is 5.30. The molecule has 0 aliphatic heterocycles. The molecule has 0 saturated heterocycles. The summed E-state index contributed by atoms with van der Waals surface area (Å²) in [6.07, 6.45) is -9.51. The van der Waals surface area contributed by atoms with E-state index in [9.17, 15) is 52.7 Å². The molecule has 1 aromatic rings. The molecule has 1 unspecified atom stereocenters. The Balaban J connectivity index is 3.61. The molecule has 0 N–H and O–H groups in total. The maximum atomic E-state index is 13.7. The fraction of sp³-hybridized carbons (Fsp3) is 0.538. The highest BCUT2D eigenvalue weighted by Gasteiger charge is 2.74. The second-order valence-electron chi connectivity index (χ2n) is 5.33. The molecule has 0 fully saturated rings. The Hall–Kier alpha value is -1.66. The second-order valence-corrected chi connectivity index (χ2v) is 5.33. The zero-order chi connectivity index (χ0) is 20.9. The lowest BCUT2D eigenvalue weighted by Gasteiger charge is -2.36. The van der Waals surface area contributed by atoms with Gasteiger partial charge < -0.3 is 4.74 Å². The van der Waals surface area contributed by atoms with Crippen molar-refractivity contribution < 1.29 is 57.4 Å². The van der Waals surface area contributed by atoms with E-state index in [1.807, 2.05) is 0 Å². The van der Waals surface area contributed by atoms with Crippen LogP contribution in [0.2, 0.25) is 0 Å². The Morgan fingerprint density at radius 3 is 1.35 bits per heavy atom. The van der Waals surface area contributed by atoms with Crippen molar-refractivity contribution in [2.24, 2.45) is 0 Å². The molecule has 1 atom stereocenters. The Kier molecular flexibility index (Phi) is 5.59. The number of ether oxygens (including phenoxy) is 1. The minimum atomic E-state index is -6.76. The summed E-state index contributed by atoms with van der Waals surface area (Å²) in [4.78, 5) is 0. The van der Waals surface area contributed by atoms with Crippen molar-refractivity contribution in [3.63, 3.8) is 0 Å². The molecule has 150 valence electrons. The number of hydrogen-bond donors (Lipinski definition) is 0. The zero-order valence-electron chi connectivity index (χ0n) is 12.7. The van der Waals surface area contributed by atoms with Gasteiger partial charge in [0.15, 0.2) is 23.3 Å². The van der Waals surface area contributed by atoms with E-state index in [0.29, 0.717) is 7.11 Å². The first-order chi connectivity index (χ1) is 11.4. The van der Waals surface area contributed by atoms with Gasteiger partial charge in [-0.05, 0) is 6.92 Å². The normalized spacial score (nSPS) is 15.9. The summed E-state index contributed by atoms with van der Waals surface area (Å²) in [5.74, 6) is -26.0. The van der Waals surface area contributed by atoms with Gasteiger partial charge in [-0.25, -0.2) is 22.0 Å². The Bertz CT molecular complexity index is 666. The van der Waals surface area contributed by atoms with Crippen LogP contribution in [0.25, 0.3) is 0 Å². The molecular weight excluding hydrogens is 400 g/mol. The smallest absolute Gasteiger partial charge is 0.373 e. The Labute approximate surface area is 137 Å². The van der Waals surface area contributed by atoms with Gasteiger partial charge >= 0.3 is 18.0 Å². The van der Waals surface area contributed by atoms with Crippen LogP contribution >= 0.6 is 0 Å². The van der Waals surface area contributed by atoms with E-state index in [1.54, 1.807) is 0 Å². The molecule has 0 bridgehead atoms. The van der Waals surface area contributed by atoms with E-state index < -0.39 is 64.7 Å². The van der Waals surface area contributed by atoms with Crippen LogP contribution in [0, 0.1) is 29.1 Å². The average molecular weight is 408 g/mol. The number of methoxy groups -OCH3 is 1. The first kappa shape index (κ1) is 22.4.